The molecule has 288 valence electrons. The van der Waals surface area contributed by atoms with Gasteiger partial charge >= 0.3 is 6.01 Å². The number of hydrogen-bond donors (Lipinski definition) is 3. The normalized spacial score (nSPS) is 10.6. The lowest BCUT2D eigenvalue weighted by Crippen LogP contribution is -1.94. The predicted octanol–water partition coefficient (Wildman–Crippen LogP) is 9.35. The number of nitrogens with zero attached hydrogens (tertiary/aromatic N) is 8. The van der Waals surface area contributed by atoms with Gasteiger partial charge < -0.3 is 19.7 Å². The molecule has 0 spiro atoms. The Labute approximate surface area is 334 Å². The number of aromatic nitrogens is 11. The molecule has 12 nitrogen and oxygen atoms in total. The number of halogens is 3. The smallest absolute Gasteiger partial charge is 0.316 e. The van der Waals surface area contributed by atoms with Gasteiger partial charge in [0, 0.05) is 47.0 Å². The van der Waals surface area contributed by atoms with Crippen LogP contribution in [0.25, 0.3) is 67.8 Å². The van der Waals surface area contributed by atoms with E-state index in [0.717, 1.165) is 56.4 Å². The van der Waals surface area contributed by atoms with E-state index in [1.165, 1.54) is 55.3 Å². The van der Waals surface area contributed by atoms with Gasteiger partial charge in [-0.1, -0.05) is 11.8 Å². The Morgan fingerprint density at radius 1 is 0.466 bits per heavy atom. The van der Waals surface area contributed by atoms with Crippen molar-refractivity contribution in [1.29, 1.82) is 0 Å². The molecule has 0 bridgehead atoms. The summed E-state index contributed by atoms with van der Waals surface area (Å²) in [6.45, 7) is 0. The minimum atomic E-state index is -0.283. The van der Waals surface area contributed by atoms with Crippen molar-refractivity contribution in [1.82, 2.24) is 54.8 Å². The van der Waals surface area contributed by atoms with Gasteiger partial charge in [-0.2, -0.15) is 4.98 Å². The van der Waals surface area contributed by atoms with Crippen LogP contribution in [0.3, 0.4) is 0 Å². The van der Waals surface area contributed by atoms with E-state index in [2.05, 4.69) is 54.8 Å². The van der Waals surface area contributed by atoms with E-state index in [4.69, 9.17) is 4.74 Å². The Hall–Kier alpha value is -7.46. The van der Waals surface area contributed by atoms with Gasteiger partial charge in [0.1, 0.15) is 17.5 Å². The van der Waals surface area contributed by atoms with Crippen molar-refractivity contribution in [3.05, 3.63) is 158 Å². The molecule has 0 amide bonds. The number of benzene rings is 3. The number of hydrogen-bond acceptors (Lipinski definition) is 10. The van der Waals surface area contributed by atoms with E-state index in [9.17, 15) is 13.2 Å². The highest BCUT2D eigenvalue weighted by Gasteiger charge is 2.14. The Kier molecular flexibility index (Phi) is 12.3. The van der Waals surface area contributed by atoms with E-state index in [1.807, 2.05) is 24.5 Å². The van der Waals surface area contributed by atoms with Gasteiger partial charge in [0.25, 0.3) is 0 Å². The first-order valence-corrected chi connectivity index (χ1v) is 18.7. The summed E-state index contributed by atoms with van der Waals surface area (Å²) in [6, 6.07) is 26.3. The van der Waals surface area contributed by atoms with Crippen LogP contribution in [0, 0.1) is 17.5 Å². The number of methoxy groups -OCH3 is 1. The van der Waals surface area contributed by atoms with Crippen molar-refractivity contribution >= 4 is 11.8 Å². The molecule has 0 aliphatic rings. The lowest BCUT2D eigenvalue weighted by molar-refractivity contribution is 0.380. The molecule has 0 saturated carbocycles. The maximum atomic E-state index is 13.0. The van der Waals surface area contributed by atoms with Crippen LogP contribution in [0.15, 0.2) is 146 Å². The molecule has 3 aromatic carbocycles. The first-order chi connectivity index (χ1) is 28.4. The SMILES string of the molecule is COc1nccc(-c2[nH]cnc2-c2ccc(F)cc2)n1.CSc1nccc(-c2[nH]cnc2-c2ccc(F)cc2)n1.Fc1ccc(-c2nc[nH]c2-c2ccncc2)cc1. The maximum Gasteiger partial charge on any atom is 0.316 e. The Bertz CT molecular complexity index is 2560. The zero-order valence-corrected chi connectivity index (χ0v) is 31.6. The average molecular weight is 796 g/mol. The largest absolute Gasteiger partial charge is 0.467 e. The van der Waals surface area contributed by atoms with Crippen molar-refractivity contribution in [2.75, 3.05) is 13.4 Å². The molecular weight excluding hydrogens is 764 g/mol. The first-order valence-electron chi connectivity index (χ1n) is 17.4. The van der Waals surface area contributed by atoms with Crippen molar-refractivity contribution in [2.24, 2.45) is 0 Å². The summed E-state index contributed by atoms with van der Waals surface area (Å²) in [5.41, 5.74) is 9.65. The monoisotopic (exact) mass is 795 g/mol. The summed E-state index contributed by atoms with van der Waals surface area (Å²) in [4.78, 5) is 42.9. The second kappa shape index (κ2) is 18.4. The van der Waals surface area contributed by atoms with Gasteiger partial charge in [0.15, 0.2) is 5.16 Å². The molecule has 0 unspecified atom stereocenters. The molecule has 16 heteroatoms. The van der Waals surface area contributed by atoms with Gasteiger partial charge in [0.05, 0.1) is 71.6 Å². The minimum Gasteiger partial charge on any atom is -0.467 e. The third-order valence-corrected chi connectivity index (χ3v) is 8.95. The van der Waals surface area contributed by atoms with Crippen LogP contribution in [0.1, 0.15) is 0 Å². The highest BCUT2D eigenvalue weighted by molar-refractivity contribution is 7.98. The van der Waals surface area contributed by atoms with Gasteiger partial charge in [0.2, 0.25) is 0 Å². The van der Waals surface area contributed by atoms with Gasteiger partial charge in [-0.25, -0.2) is 43.1 Å². The predicted molar refractivity (Wildman–Crippen MR) is 216 cm³/mol. The molecule has 0 aliphatic carbocycles. The summed E-state index contributed by atoms with van der Waals surface area (Å²) >= 11 is 1.48. The molecule has 3 N–H and O–H groups in total. The van der Waals surface area contributed by atoms with Crippen molar-refractivity contribution in [2.45, 2.75) is 5.16 Å². The fourth-order valence-corrected chi connectivity index (χ4v) is 6.00. The standard InChI is InChI=1S/C14H11FN4O.C14H11FN4S.C14H10FN3/c2*1-20-14-16-7-6-11(19-14)13-12(17-8-18-13)9-2-4-10(15)5-3-9;15-12-3-1-10(2-4-12)13-14(18-9-17-13)11-5-7-16-8-6-11/h2*2-8H,1H3,(H,17,18);1-9H,(H,17,18). The van der Waals surface area contributed by atoms with Crippen molar-refractivity contribution < 1.29 is 17.9 Å². The third kappa shape index (κ3) is 9.31. The molecule has 0 aliphatic heterocycles. The number of nitrogens with one attached hydrogen (secondary N) is 3. The topological polar surface area (TPSA) is 160 Å². The highest BCUT2D eigenvalue weighted by atomic mass is 32.2. The van der Waals surface area contributed by atoms with Gasteiger partial charge in [-0.15, -0.1) is 0 Å². The summed E-state index contributed by atoms with van der Waals surface area (Å²) in [6.07, 6.45) is 13.5. The third-order valence-electron chi connectivity index (χ3n) is 8.38. The van der Waals surface area contributed by atoms with E-state index in [-0.39, 0.29) is 23.5 Å². The van der Waals surface area contributed by atoms with Gasteiger partial charge in [-0.05, 0) is 103 Å². The van der Waals surface area contributed by atoms with Crippen molar-refractivity contribution in [3.8, 4) is 73.8 Å². The molecule has 9 rings (SSSR count). The zero-order valence-electron chi connectivity index (χ0n) is 30.8. The Morgan fingerprint density at radius 2 is 0.897 bits per heavy atom. The lowest BCUT2D eigenvalue weighted by atomic mass is 10.1. The number of H-pyrrole nitrogens is 3. The maximum absolute atomic E-state index is 13.0. The molecule has 6 heterocycles. The van der Waals surface area contributed by atoms with Crippen LogP contribution in [-0.2, 0) is 0 Å². The molecule has 0 atom stereocenters. The molecule has 0 fully saturated rings. The lowest BCUT2D eigenvalue weighted by Gasteiger charge is -2.04. The number of thioether (sulfide) groups is 1. The molecule has 6 aromatic heterocycles. The van der Waals surface area contributed by atoms with Crippen LogP contribution in [0.4, 0.5) is 13.2 Å². The highest BCUT2D eigenvalue weighted by Crippen LogP contribution is 2.31. The molecule has 58 heavy (non-hydrogen) atoms. The number of imidazole rings is 3. The van der Waals surface area contributed by atoms with E-state index in [1.54, 1.807) is 86.2 Å². The zero-order chi connectivity index (χ0) is 40.3. The summed E-state index contributed by atoms with van der Waals surface area (Å²) in [5, 5.41) is 0.696. The molecular formula is C42H32F3N11OS. The Balaban J connectivity index is 0.000000133. The van der Waals surface area contributed by atoms with Crippen LogP contribution < -0.4 is 4.74 Å². The van der Waals surface area contributed by atoms with E-state index >= 15 is 0 Å². The fraction of sp³-hybridized carbons (Fsp3) is 0.0476. The molecule has 0 saturated heterocycles. The van der Waals surface area contributed by atoms with E-state index in [0.29, 0.717) is 16.5 Å². The van der Waals surface area contributed by atoms with Gasteiger partial charge in [-0.3, -0.25) is 4.98 Å². The van der Waals surface area contributed by atoms with Crippen LogP contribution >= 0.6 is 11.8 Å². The molecule has 9 aromatic rings. The summed E-state index contributed by atoms with van der Waals surface area (Å²) in [7, 11) is 1.51. The second-order valence-electron chi connectivity index (χ2n) is 12.0. The number of pyridine rings is 1. The summed E-state index contributed by atoms with van der Waals surface area (Å²) in [5.74, 6) is -0.799. The van der Waals surface area contributed by atoms with Crippen LogP contribution in [-0.4, -0.2) is 68.2 Å². The van der Waals surface area contributed by atoms with Crippen molar-refractivity contribution in [3.63, 3.8) is 0 Å². The average Bonchev–Trinajstić information content (AvgIpc) is 4.08. The second-order valence-corrected chi connectivity index (χ2v) is 12.8. The van der Waals surface area contributed by atoms with Crippen LogP contribution in [0.2, 0.25) is 0 Å². The Morgan fingerprint density at radius 3 is 1.36 bits per heavy atom. The fourth-order valence-electron chi connectivity index (χ4n) is 5.65. The summed E-state index contributed by atoms with van der Waals surface area (Å²) < 4.78 is 43.9. The molecule has 0 radical (unpaired) electrons. The quantitative estimate of drug-likeness (QED) is 0.0999. The van der Waals surface area contributed by atoms with E-state index < -0.39 is 0 Å². The minimum absolute atomic E-state index is 0.250. The first kappa shape index (κ1) is 38.8. The number of aromatic amines is 3. The number of ether oxygens (including phenoxy) is 1. The number of rotatable bonds is 8. The van der Waals surface area contributed by atoms with Crippen LogP contribution in [0.5, 0.6) is 6.01 Å².